The van der Waals surface area contributed by atoms with Gasteiger partial charge in [0.25, 0.3) is 0 Å². The van der Waals surface area contributed by atoms with Gasteiger partial charge >= 0.3 is 0 Å². The molecule has 22 heavy (non-hydrogen) atoms. The highest BCUT2D eigenvalue weighted by Crippen LogP contribution is 2.48. The number of anilines is 2. The minimum Gasteiger partial charge on any atom is -0.315 e. The number of fused-ring (bicyclic) bond motifs is 2. The maximum absolute atomic E-state index is 2.27. The number of para-hydroxylation sites is 2. The molecule has 3 aromatic carbocycles. The summed E-state index contributed by atoms with van der Waals surface area (Å²) < 4.78 is 0. The molecule has 0 saturated heterocycles. The van der Waals surface area contributed by atoms with E-state index in [9.17, 15) is 0 Å². The Hall–Kier alpha value is -2.45. The quantitative estimate of drug-likeness (QED) is 0.574. The first kappa shape index (κ1) is 13.2. The second kappa shape index (κ2) is 5.74. The summed E-state index contributed by atoms with van der Waals surface area (Å²) >= 11 is 1.83. The van der Waals surface area contributed by atoms with E-state index in [-0.39, 0.29) is 0 Å². The van der Waals surface area contributed by atoms with E-state index in [0.29, 0.717) is 0 Å². The molecule has 0 N–H and O–H groups in total. The molecule has 0 bridgehead atoms. The van der Waals surface area contributed by atoms with Gasteiger partial charge in [-0.05, 0) is 35.9 Å². The first-order valence-electron chi connectivity index (χ1n) is 7.30. The Balaban J connectivity index is 1.79. The average molecular weight is 301 g/mol. The van der Waals surface area contributed by atoms with E-state index < -0.39 is 0 Å². The Morgan fingerprint density at radius 3 is 1.82 bits per heavy atom. The first-order chi connectivity index (χ1) is 10.9. The highest BCUT2D eigenvalue weighted by molar-refractivity contribution is 7.99. The van der Waals surface area contributed by atoms with Crippen molar-refractivity contribution in [3.8, 4) is 0 Å². The van der Waals surface area contributed by atoms with Crippen molar-refractivity contribution in [2.45, 2.75) is 9.79 Å². The molecule has 3 aromatic rings. The topological polar surface area (TPSA) is 3.24 Å². The van der Waals surface area contributed by atoms with Crippen molar-refractivity contribution < 1.29 is 0 Å². The normalized spacial score (nSPS) is 13.0. The number of rotatable bonds is 2. The lowest BCUT2D eigenvalue weighted by atomic mass is 10.2. The van der Waals surface area contributed by atoms with Crippen LogP contribution in [0.2, 0.25) is 0 Å². The van der Waals surface area contributed by atoms with Gasteiger partial charge in [-0.15, -0.1) is 0 Å². The molecule has 0 aromatic heterocycles. The van der Waals surface area contributed by atoms with Gasteiger partial charge in [-0.1, -0.05) is 66.4 Å². The average Bonchev–Trinajstić information content (AvgIpc) is 2.59. The molecule has 0 aliphatic carbocycles. The molecular weight excluding hydrogens is 286 g/mol. The zero-order valence-electron chi connectivity index (χ0n) is 12.0. The van der Waals surface area contributed by atoms with Crippen molar-refractivity contribution in [3.05, 3.63) is 90.6 Å². The molecule has 1 aliphatic heterocycles. The molecule has 0 fully saturated rings. The highest BCUT2D eigenvalue weighted by Gasteiger charge is 2.20. The summed E-state index contributed by atoms with van der Waals surface area (Å²) in [5.41, 5.74) is 3.67. The summed E-state index contributed by atoms with van der Waals surface area (Å²) in [5.74, 6) is 0. The Bertz CT molecular complexity index is 778. The molecule has 1 heterocycles. The summed E-state index contributed by atoms with van der Waals surface area (Å²) in [6, 6.07) is 27.5. The van der Waals surface area contributed by atoms with E-state index in [1.807, 2.05) is 17.8 Å². The zero-order valence-corrected chi connectivity index (χ0v) is 12.8. The third-order valence-corrected chi connectivity index (χ3v) is 4.82. The van der Waals surface area contributed by atoms with E-state index in [1.165, 1.54) is 26.7 Å². The molecule has 0 radical (unpaired) electrons. The molecule has 2 heteroatoms. The second-order valence-electron chi connectivity index (χ2n) is 5.13. The number of hydrogen-bond donors (Lipinski definition) is 0. The fourth-order valence-corrected chi connectivity index (χ4v) is 3.69. The number of hydrogen-bond acceptors (Lipinski definition) is 2. The molecular formula is C20H15NS. The Kier molecular flexibility index (Phi) is 3.45. The predicted molar refractivity (Wildman–Crippen MR) is 94.6 cm³/mol. The van der Waals surface area contributed by atoms with Crippen molar-refractivity contribution in [2.75, 3.05) is 4.90 Å². The minimum atomic E-state index is 1.20. The van der Waals surface area contributed by atoms with Crippen LogP contribution in [0.1, 0.15) is 5.56 Å². The van der Waals surface area contributed by atoms with Crippen LogP contribution in [0, 0.1) is 0 Å². The van der Waals surface area contributed by atoms with Crippen molar-refractivity contribution in [3.63, 3.8) is 0 Å². The molecule has 0 unspecified atom stereocenters. The van der Waals surface area contributed by atoms with Crippen LogP contribution in [0.4, 0.5) is 11.4 Å². The lowest BCUT2D eigenvalue weighted by Gasteiger charge is -2.29. The molecule has 1 aliphatic rings. The van der Waals surface area contributed by atoms with E-state index in [0.717, 1.165) is 0 Å². The van der Waals surface area contributed by atoms with Crippen LogP contribution in [0.3, 0.4) is 0 Å². The molecule has 1 nitrogen and oxygen atoms in total. The van der Waals surface area contributed by atoms with Gasteiger partial charge in [-0.2, -0.15) is 0 Å². The molecule has 4 rings (SSSR count). The summed E-state index contributed by atoms with van der Waals surface area (Å²) in [4.78, 5) is 4.85. The number of nitrogens with zero attached hydrogens (tertiary/aromatic N) is 1. The van der Waals surface area contributed by atoms with Crippen molar-refractivity contribution in [1.82, 2.24) is 0 Å². The lowest BCUT2D eigenvalue weighted by molar-refractivity contribution is 1.17. The van der Waals surface area contributed by atoms with Gasteiger partial charge in [0, 0.05) is 16.0 Å². The smallest absolute Gasteiger partial charge is 0.0595 e. The van der Waals surface area contributed by atoms with Crippen LogP contribution in [-0.4, -0.2) is 0 Å². The van der Waals surface area contributed by atoms with Gasteiger partial charge in [-0.3, -0.25) is 0 Å². The van der Waals surface area contributed by atoms with E-state index in [2.05, 4.69) is 90.0 Å². The van der Waals surface area contributed by atoms with Crippen LogP contribution in [0.15, 0.2) is 94.9 Å². The lowest BCUT2D eigenvalue weighted by Crippen LogP contribution is -2.13. The van der Waals surface area contributed by atoms with E-state index >= 15 is 0 Å². The van der Waals surface area contributed by atoms with E-state index in [4.69, 9.17) is 0 Å². The van der Waals surface area contributed by atoms with Crippen molar-refractivity contribution in [2.24, 2.45) is 0 Å². The Morgan fingerprint density at radius 1 is 0.636 bits per heavy atom. The van der Waals surface area contributed by atoms with Gasteiger partial charge in [0.15, 0.2) is 0 Å². The third-order valence-electron chi connectivity index (χ3n) is 3.69. The maximum Gasteiger partial charge on any atom is 0.0595 e. The standard InChI is InChI=1S/C20H15NS/c1-2-8-16(9-3-1)14-15-21-17-10-4-6-12-19(17)22-20-13-7-5-11-18(20)21/h1-15H/b15-14+. The third kappa shape index (κ3) is 2.42. The van der Waals surface area contributed by atoms with Crippen molar-refractivity contribution in [1.29, 1.82) is 0 Å². The molecule has 0 spiro atoms. The number of benzene rings is 3. The molecule has 0 saturated carbocycles. The molecule has 0 amide bonds. The fourth-order valence-electron chi connectivity index (χ4n) is 2.62. The molecule has 106 valence electrons. The minimum absolute atomic E-state index is 1.20. The van der Waals surface area contributed by atoms with Crippen LogP contribution < -0.4 is 4.90 Å². The highest BCUT2D eigenvalue weighted by atomic mass is 32.2. The van der Waals surface area contributed by atoms with Crippen molar-refractivity contribution >= 4 is 29.2 Å². The van der Waals surface area contributed by atoms with Gasteiger partial charge in [0.1, 0.15) is 0 Å². The SMILES string of the molecule is C(=C\N1c2ccccc2Sc2ccccc21)/c1ccccc1. The van der Waals surface area contributed by atoms with Gasteiger partial charge in [0.05, 0.1) is 11.4 Å². The van der Waals surface area contributed by atoms with Crippen LogP contribution >= 0.6 is 11.8 Å². The Morgan fingerprint density at radius 2 is 1.18 bits per heavy atom. The van der Waals surface area contributed by atoms with Crippen LogP contribution in [0.5, 0.6) is 0 Å². The predicted octanol–water partition coefficient (Wildman–Crippen LogP) is 5.96. The van der Waals surface area contributed by atoms with Gasteiger partial charge < -0.3 is 4.90 Å². The summed E-state index contributed by atoms with van der Waals surface area (Å²) in [6.45, 7) is 0. The monoisotopic (exact) mass is 301 g/mol. The van der Waals surface area contributed by atoms with Gasteiger partial charge in [-0.25, -0.2) is 0 Å². The summed E-state index contributed by atoms with van der Waals surface area (Å²) in [5, 5.41) is 0. The summed E-state index contributed by atoms with van der Waals surface area (Å²) in [7, 11) is 0. The fraction of sp³-hybridized carbons (Fsp3) is 0. The largest absolute Gasteiger partial charge is 0.315 e. The van der Waals surface area contributed by atoms with Gasteiger partial charge in [0.2, 0.25) is 0 Å². The second-order valence-corrected chi connectivity index (χ2v) is 6.22. The van der Waals surface area contributed by atoms with Crippen LogP contribution in [-0.2, 0) is 0 Å². The van der Waals surface area contributed by atoms with E-state index in [1.54, 1.807) is 0 Å². The maximum atomic E-state index is 2.27. The molecule has 0 atom stereocenters. The summed E-state index contributed by atoms with van der Waals surface area (Å²) in [6.07, 6.45) is 4.32. The van der Waals surface area contributed by atoms with Crippen LogP contribution in [0.25, 0.3) is 6.08 Å². The zero-order chi connectivity index (χ0) is 14.8. The first-order valence-corrected chi connectivity index (χ1v) is 8.12. The Labute approximate surface area is 134 Å².